The van der Waals surface area contributed by atoms with Crippen molar-refractivity contribution in [2.45, 2.75) is 0 Å². The molecule has 1 fully saturated rings. The molecule has 0 unspecified atom stereocenters. The van der Waals surface area contributed by atoms with Crippen LogP contribution in [0.25, 0.3) is 0 Å². The number of ether oxygens (including phenoxy) is 2. The molecule has 0 saturated carbocycles. The number of carbonyl (C=O) groups is 2. The molecular formula is C19H19N3O4. The van der Waals surface area contributed by atoms with E-state index in [2.05, 4.69) is 10.2 Å². The molecule has 2 aromatic carbocycles. The second-order valence-corrected chi connectivity index (χ2v) is 6.15. The third kappa shape index (κ3) is 3.28. The first kappa shape index (κ1) is 16.3. The van der Waals surface area contributed by atoms with Crippen LogP contribution in [0.3, 0.4) is 0 Å². The number of fused-ring (bicyclic) bond motifs is 1. The summed E-state index contributed by atoms with van der Waals surface area (Å²) in [6, 6.07) is 14.7. The number of rotatable bonds is 2. The minimum Gasteiger partial charge on any atom is -0.479 e. The number of benzene rings is 2. The van der Waals surface area contributed by atoms with Crippen LogP contribution >= 0.6 is 0 Å². The summed E-state index contributed by atoms with van der Waals surface area (Å²) in [6.07, 6.45) is -0.338. The van der Waals surface area contributed by atoms with Gasteiger partial charge in [-0.25, -0.2) is 4.79 Å². The molecule has 7 nitrogen and oxygen atoms in total. The Bertz CT molecular complexity index is 817. The Balaban J connectivity index is 1.40. The summed E-state index contributed by atoms with van der Waals surface area (Å²) in [5.74, 6) is 1.08. The zero-order valence-electron chi connectivity index (χ0n) is 14.2. The minimum atomic E-state index is -0.338. The van der Waals surface area contributed by atoms with E-state index < -0.39 is 0 Å². The van der Waals surface area contributed by atoms with Crippen LogP contribution < -0.4 is 19.7 Å². The largest absolute Gasteiger partial charge is 0.479 e. The molecule has 2 heterocycles. The van der Waals surface area contributed by atoms with E-state index in [1.165, 1.54) is 0 Å². The molecule has 0 atom stereocenters. The topological polar surface area (TPSA) is 71.1 Å². The van der Waals surface area contributed by atoms with Crippen molar-refractivity contribution < 1.29 is 19.1 Å². The first-order valence-electron chi connectivity index (χ1n) is 8.53. The Kier molecular flexibility index (Phi) is 4.35. The van der Waals surface area contributed by atoms with Gasteiger partial charge < -0.3 is 24.6 Å². The summed E-state index contributed by atoms with van der Waals surface area (Å²) in [5.41, 5.74) is 1.61. The highest BCUT2D eigenvalue weighted by Gasteiger charge is 2.27. The maximum atomic E-state index is 12.3. The van der Waals surface area contributed by atoms with E-state index in [4.69, 9.17) is 9.47 Å². The second kappa shape index (κ2) is 6.95. The molecule has 2 amide bonds. The molecule has 0 aliphatic carbocycles. The van der Waals surface area contributed by atoms with E-state index in [0.29, 0.717) is 43.4 Å². The van der Waals surface area contributed by atoms with Gasteiger partial charge in [-0.15, -0.1) is 0 Å². The fraction of sp³-hybridized carbons (Fsp3) is 0.263. The van der Waals surface area contributed by atoms with Crippen LogP contribution in [0.1, 0.15) is 0 Å². The molecule has 0 spiro atoms. The summed E-state index contributed by atoms with van der Waals surface area (Å²) < 4.78 is 11.0. The lowest BCUT2D eigenvalue weighted by Crippen LogP contribution is -2.49. The fourth-order valence-corrected chi connectivity index (χ4v) is 3.13. The van der Waals surface area contributed by atoms with Gasteiger partial charge in [0.2, 0.25) is 0 Å². The number of carbonyl (C=O) groups excluding carboxylic acids is 2. The van der Waals surface area contributed by atoms with Crippen molar-refractivity contribution in [3.63, 3.8) is 0 Å². The molecule has 1 N–H and O–H groups in total. The number of nitrogens with zero attached hydrogens (tertiary/aromatic N) is 2. The Morgan fingerprint density at radius 2 is 1.77 bits per heavy atom. The number of amides is 2. The van der Waals surface area contributed by atoms with Crippen LogP contribution in [-0.4, -0.2) is 49.7 Å². The Morgan fingerprint density at radius 1 is 1.00 bits per heavy atom. The number of anilines is 2. The third-order valence-electron chi connectivity index (χ3n) is 4.44. The maximum Gasteiger partial charge on any atom is 0.415 e. The molecule has 0 aromatic heterocycles. The molecule has 2 aliphatic rings. The van der Waals surface area contributed by atoms with Crippen molar-refractivity contribution in [1.29, 1.82) is 0 Å². The van der Waals surface area contributed by atoms with Gasteiger partial charge in [-0.3, -0.25) is 4.79 Å². The molecule has 4 rings (SSSR count). The van der Waals surface area contributed by atoms with Crippen molar-refractivity contribution in [2.24, 2.45) is 0 Å². The molecule has 0 bridgehead atoms. The van der Waals surface area contributed by atoms with Gasteiger partial charge in [0, 0.05) is 26.2 Å². The van der Waals surface area contributed by atoms with Crippen molar-refractivity contribution in [2.75, 3.05) is 43.0 Å². The molecule has 26 heavy (non-hydrogen) atoms. The summed E-state index contributed by atoms with van der Waals surface area (Å²) in [4.78, 5) is 27.6. The van der Waals surface area contributed by atoms with Crippen molar-refractivity contribution in [3.05, 3.63) is 48.5 Å². The highest BCUT2D eigenvalue weighted by molar-refractivity contribution is 5.97. The Labute approximate surface area is 151 Å². The Morgan fingerprint density at radius 3 is 2.54 bits per heavy atom. The van der Waals surface area contributed by atoms with E-state index >= 15 is 0 Å². The van der Waals surface area contributed by atoms with E-state index in [0.717, 1.165) is 5.69 Å². The van der Waals surface area contributed by atoms with E-state index in [1.54, 1.807) is 17.0 Å². The molecule has 1 saturated heterocycles. The first-order chi connectivity index (χ1) is 12.7. The van der Waals surface area contributed by atoms with E-state index in [-0.39, 0.29) is 18.6 Å². The standard InChI is InChI=1S/C19H19N3O4/c23-17-13-25-18-15(20-17)7-4-8-16(18)21-9-11-22(12-10-21)19(24)26-14-5-2-1-3-6-14/h1-8H,9-13H2,(H,20,23). The second-order valence-electron chi connectivity index (χ2n) is 6.15. The average Bonchev–Trinajstić information content (AvgIpc) is 2.68. The molecule has 2 aromatic rings. The maximum absolute atomic E-state index is 12.3. The Hall–Kier alpha value is -3.22. The van der Waals surface area contributed by atoms with Crippen LogP contribution in [0.15, 0.2) is 48.5 Å². The van der Waals surface area contributed by atoms with Gasteiger partial charge in [0.15, 0.2) is 12.4 Å². The number of hydrogen-bond donors (Lipinski definition) is 1. The van der Waals surface area contributed by atoms with Gasteiger partial charge in [-0.05, 0) is 24.3 Å². The number of para-hydroxylation sites is 2. The van der Waals surface area contributed by atoms with E-state index in [9.17, 15) is 9.59 Å². The zero-order valence-corrected chi connectivity index (χ0v) is 14.2. The van der Waals surface area contributed by atoms with Gasteiger partial charge in [0.05, 0.1) is 11.4 Å². The lowest BCUT2D eigenvalue weighted by atomic mass is 10.2. The lowest BCUT2D eigenvalue weighted by molar-refractivity contribution is -0.118. The van der Waals surface area contributed by atoms with Crippen molar-refractivity contribution in [3.8, 4) is 11.5 Å². The predicted octanol–water partition coefficient (Wildman–Crippen LogP) is 2.34. The smallest absolute Gasteiger partial charge is 0.415 e. The van der Waals surface area contributed by atoms with Gasteiger partial charge >= 0.3 is 6.09 Å². The molecular weight excluding hydrogens is 334 g/mol. The summed E-state index contributed by atoms with van der Waals surface area (Å²) >= 11 is 0. The normalized spacial score (nSPS) is 16.4. The van der Waals surface area contributed by atoms with Crippen LogP contribution in [-0.2, 0) is 4.79 Å². The summed E-state index contributed by atoms with van der Waals surface area (Å²) in [6.45, 7) is 2.46. The molecule has 0 radical (unpaired) electrons. The summed E-state index contributed by atoms with van der Waals surface area (Å²) in [5, 5.41) is 2.82. The van der Waals surface area contributed by atoms with Crippen molar-refractivity contribution in [1.82, 2.24) is 4.90 Å². The molecule has 2 aliphatic heterocycles. The zero-order chi connectivity index (χ0) is 17.9. The molecule has 7 heteroatoms. The number of nitrogens with one attached hydrogen (secondary N) is 1. The van der Waals surface area contributed by atoms with Gasteiger partial charge in [0.25, 0.3) is 5.91 Å². The number of hydrogen-bond acceptors (Lipinski definition) is 5. The van der Waals surface area contributed by atoms with Gasteiger partial charge in [0.1, 0.15) is 5.75 Å². The van der Waals surface area contributed by atoms with Gasteiger partial charge in [-0.2, -0.15) is 0 Å². The number of piperazine rings is 1. The SMILES string of the molecule is O=C1COc2c(cccc2N2CCN(C(=O)Oc3ccccc3)CC2)N1. The predicted molar refractivity (Wildman–Crippen MR) is 96.8 cm³/mol. The van der Waals surface area contributed by atoms with Crippen LogP contribution in [0.4, 0.5) is 16.2 Å². The first-order valence-corrected chi connectivity index (χ1v) is 8.53. The lowest BCUT2D eigenvalue weighted by Gasteiger charge is -2.36. The quantitative estimate of drug-likeness (QED) is 0.897. The highest BCUT2D eigenvalue weighted by atomic mass is 16.6. The fourth-order valence-electron chi connectivity index (χ4n) is 3.13. The van der Waals surface area contributed by atoms with Crippen LogP contribution in [0.5, 0.6) is 11.5 Å². The third-order valence-corrected chi connectivity index (χ3v) is 4.44. The monoisotopic (exact) mass is 353 g/mol. The summed E-state index contributed by atoms with van der Waals surface area (Å²) in [7, 11) is 0. The van der Waals surface area contributed by atoms with Crippen molar-refractivity contribution >= 4 is 23.4 Å². The van der Waals surface area contributed by atoms with E-state index in [1.807, 2.05) is 36.4 Å². The molecule has 134 valence electrons. The minimum absolute atomic E-state index is 0.0212. The van der Waals surface area contributed by atoms with Crippen LogP contribution in [0.2, 0.25) is 0 Å². The van der Waals surface area contributed by atoms with Crippen LogP contribution in [0, 0.1) is 0 Å². The van der Waals surface area contributed by atoms with Gasteiger partial charge in [-0.1, -0.05) is 24.3 Å². The average molecular weight is 353 g/mol. The highest BCUT2D eigenvalue weighted by Crippen LogP contribution is 2.38.